The molecule has 9 heteroatoms. The van der Waals surface area contributed by atoms with Crippen LogP contribution in [0.25, 0.3) is 22.6 Å². The molecule has 6 rings (SSSR count). The molecule has 1 unspecified atom stereocenters. The van der Waals surface area contributed by atoms with Gasteiger partial charge in [0.2, 0.25) is 5.91 Å². The van der Waals surface area contributed by atoms with Gasteiger partial charge in [-0.15, -0.1) is 0 Å². The number of nitrogens with two attached hydrogens (primary N) is 1. The van der Waals surface area contributed by atoms with Gasteiger partial charge in [0.05, 0.1) is 36.0 Å². The summed E-state index contributed by atoms with van der Waals surface area (Å²) in [5.74, 6) is 0.706. The van der Waals surface area contributed by atoms with Crippen LogP contribution in [0.15, 0.2) is 42.6 Å². The number of anilines is 2. The number of morpholine rings is 1. The number of halogens is 1. The van der Waals surface area contributed by atoms with E-state index in [-0.39, 0.29) is 23.8 Å². The topological polar surface area (TPSA) is 109 Å². The van der Waals surface area contributed by atoms with Gasteiger partial charge in [-0.3, -0.25) is 4.79 Å². The number of nitrogens with zero attached hydrogens (tertiary/aromatic N) is 3. The van der Waals surface area contributed by atoms with Gasteiger partial charge in [-0.25, -0.2) is 9.97 Å². The number of aromatic amines is 1. The molecule has 32 heavy (non-hydrogen) atoms. The van der Waals surface area contributed by atoms with Crippen molar-refractivity contribution >= 4 is 40.0 Å². The Labute approximate surface area is 189 Å². The molecule has 2 aliphatic carbocycles. The highest BCUT2D eigenvalue weighted by Crippen LogP contribution is 2.50. The van der Waals surface area contributed by atoms with Crippen molar-refractivity contribution in [2.45, 2.75) is 6.04 Å². The van der Waals surface area contributed by atoms with E-state index in [0.29, 0.717) is 28.1 Å². The second kappa shape index (κ2) is 7.50. The smallest absolute Gasteiger partial charge is 0.223 e. The van der Waals surface area contributed by atoms with Gasteiger partial charge in [-0.2, -0.15) is 0 Å². The number of allylic oxidation sites excluding steroid dienone is 1. The summed E-state index contributed by atoms with van der Waals surface area (Å²) in [5.41, 5.74) is 9.76. The van der Waals surface area contributed by atoms with E-state index in [9.17, 15) is 4.79 Å². The molecule has 4 N–H and O–H groups in total. The summed E-state index contributed by atoms with van der Waals surface area (Å²) in [5, 5.41) is 3.93. The number of ether oxygens (including phenoxy) is 1. The van der Waals surface area contributed by atoms with Crippen molar-refractivity contribution in [3.63, 3.8) is 0 Å². The SMILES string of the molecule is NC(=O)[C@H]1[C@@H]2C=CC2[C@H]1Nc1c(Cl)cnc2nc(-c3ccc(N4CCOCC4)cc3)[nH]c12. The van der Waals surface area contributed by atoms with Crippen molar-refractivity contribution in [2.75, 3.05) is 36.5 Å². The summed E-state index contributed by atoms with van der Waals surface area (Å²) in [6.07, 6.45) is 5.75. The van der Waals surface area contributed by atoms with Crippen LogP contribution in [0.2, 0.25) is 5.02 Å². The number of benzene rings is 1. The van der Waals surface area contributed by atoms with Crippen molar-refractivity contribution in [1.82, 2.24) is 15.0 Å². The number of carbonyl (C=O) groups is 1. The number of imidazole rings is 1. The number of rotatable bonds is 5. The standard InChI is InChI=1S/C23H23ClN6O2/c24-16-11-26-23-20(19(16)27-18-15-6-5-14(15)17(18)21(25)31)28-22(29-23)12-1-3-13(4-2-12)30-7-9-32-10-8-30/h1-6,11,14-15,17-18H,7-10H2,(H2,25,31)(H2,26,27,28,29)/t14-,15?,17+,18-/m1/s1. The Morgan fingerprint density at radius 1 is 1.19 bits per heavy atom. The zero-order chi connectivity index (χ0) is 21.8. The number of pyridine rings is 1. The minimum atomic E-state index is -0.292. The molecule has 8 nitrogen and oxygen atoms in total. The summed E-state index contributed by atoms with van der Waals surface area (Å²) in [6, 6.07) is 8.22. The van der Waals surface area contributed by atoms with Crippen LogP contribution in [0.1, 0.15) is 0 Å². The van der Waals surface area contributed by atoms with Crippen LogP contribution in [-0.2, 0) is 9.53 Å². The highest BCUT2D eigenvalue weighted by atomic mass is 35.5. The Bertz CT molecular complexity index is 1220. The van der Waals surface area contributed by atoms with E-state index in [1.54, 1.807) is 6.20 Å². The molecular weight excluding hydrogens is 428 g/mol. The number of nitrogens with one attached hydrogen (secondary N) is 2. The molecule has 2 aromatic heterocycles. The summed E-state index contributed by atoms with van der Waals surface area (Å²) < 4.78 is 5.43. The first-order valence-corrected chi connectivity index (χ1v) is 11.2. The quantitative estimate of drug-likeness (QED) is 0.516. The molecule has 0 radical (unpaired) electrons. The number of amides is 1. The van der Waals surface area contributed by atoms with Gasteiger partial charge >= 0.3 is 0 Å². The van der Waals surface area contributed by atoms with Crippen LogP contribution in [0, 0.1) is 17.8 Å². The van der Waals surface area contributed by atoms with E-state index in [4.69, 9.17) is 22.1 Å². The Hall–Kier alpha value is -3.10. The second-order valence-corrected chi connectivity index (χ2v) is 8.96. The zero-order valence-corrected chi connectivity index (χ0v) is 18.0. The van der Waals surface area contributed by atoms with Crippen molar-refractivity contribution < 1.29 is 9.53 Å². The van der Waals surface area contributed by atoms with Gasteiger partial charge in [-0.05, 0) is 30.2 Å². The van der Waals surface area contributed by atoms with E-state index >= 15 is 0 Å². The Kier molecular flexibility index (Phi) is 4.58. The molecule has 3 aromatic rings. The minimum Gasteiger partial charge on any atom is -0.378 e. The number of fused-ring (bicyclic) bond motifs is 2. The normalized spacial score (nSPS) is 26.3. The van der Waals surface area contributed by atoms with Gasteiger partial charge < -0.3 is 25.7 Å². The molecule has 1 saturated carbocycles. The highest BCUT2D eigenvalue weighted by molar-refractivity contribution is 6.34. The molecule has 0 spiro atoms. The van der Waals surface area contributed by atoms with Gasteiger partial charge in [0.25, 0.3) is 0 Å². The zero-order valence-electron chi connectivity index (χ0n) is 17.3. The molecule has 1 amide bonds. The monoisotopic (exact) mass is 450 g/mol. The van der Waals surface area contributed by atoms with Gasteiger partial charge in [0, 0.05) is 36.3 Å². The van der Waals surface area contributed by atoms with Crippen LogP contribution in [0.5, 0.6) is 0 Å². The lowest BCUT2D eigenvalue weighted by Crippen LogP contribution is -2.61. The Morgan fingerprint density at radius 3 is 2.62 bits per heavy atom. The van der Waals surface area contributed by atoms with Gasteiger partial charge in [-0.1, -0.05) is 23.8 Å². The third-order valence-electron chi connectivity index (χ3n) is 6.85. The summed E-state index contributed by atoms with van der Waals surface area (Å²) in [6.45, 7) is 3.29. The van der Waals surface area contributed by atoms with Crippen molar-refractivity contribution in [2.24, 2.45) is 23.5 Å². The number of hydrogen-bond donors (Lipinski definition) is 3. The summed E-state index contributed by atoms with van der Waals surface area (Å²) in [7, 11) is 0. The summed E-state index contributed by atoms with van der Waals surface area (Å²) >= 11 is 6.50. The first-order valence-electron chi connectivity index (χ1n) is 10.8. The largest absolute Gasteiger partial charge is 0.378 e. The van der Waals surface area contributed by atoms with Gasteiger partial charge in [0.15, 0.2) is 5.65 Å². The predicted molar refractivity (Wildman–Crippen MR) is 124 cm³/mol. The molecule has 3 aliphatic rings. The number of H-pyrrole nitrogens is 1. The van der Waals surface area contributed by atoms with Crippen LogP contribution in [-0.4, -0.2) is 53.2 Å². The molecule has 164 valence electrons. The van der Waals surface area contributed by atoms with Crippen molar-refractivity contribution in [3.8, 4) is 11.4 Å². The number of primary amides is 1. The Balaban J connectivity index is 1.30. The predicted octanol–water partition coefficient (Wildman–Crippen LogP) is 2.81. The van der Waals surface area contributed by atoms with E-state index < -0.39 is 0 Å². The average molecular weight is 451 g/mol. The maximum absolute atomic E-state index is 11.9. The highest BCUT2D eigenvalue weighted by Gasteiger charge is 2.54. The lowest BCUT2D eigenvalue weighted by molar-refractivity contribution is -0.129. The molecule has 2 fully saturated rings. The molecular formula is C23H23ClN6O2. The Morgan fingerprint density at radius 2 is 1.94 bits per heavy atom. The first kappa shape index (κ1) is 19.6. The minimum absolute atomic E-state index is 0.0786. The lowest BCUT2D eigenvalue weighted by Gasteiger charge is -2.53. The van der Waals surface area contributed by atoms with Gasteiger partial charge in [0.1, 0.15) is 11.3 Å². The molecule has 1 aromatic carbocycles. The molecule has 4 atom stereocenters. The lowest BCUT2D eigenvalue weighted by atomic mass is 9.54. The third-order valence-corrected chi connectivity index (χ3v) is 7.13. The molecule has 3 heterocycles. The van der Waals surface area contributed by atoms with E-state index in [1.807, 2.05) is 0 Å². The fraction of sp³-hybridized carbons (Fsp3) is 0.348. The van der Waals surface area contributed by atoms with Crippen LogP contribution >= 0.6 is 11.6 Å². The van der Waals surface area contributed by atoms with Crippen LogP contribution in [0.3, 0.4) is 0 Å². The number of carbonyl (C=O) groups excluding carboxylic acids is 1. The molecule has 0 bridgehead atoms. The molecule has 1 aliphatic heterocycles. The maximum atomic E-state index is 11.9. The fourth-order valence-electron chi connectivity index (χ4n) is 5.00. The van der Waals surface area contributed by atoms with Crippen molar-refractivity contribution in [1.29, 1.82) is 0 Å². The van der Waals surface area contributed by atoms with Crippen molar-refractivity contribution in [3.05, 3.63) is 47.6 Å². The first-order chi connectivity index (χ1) is 15.6. The summed E-state index contributed by atoms with van der Waals surface area (Å²) in [4.78, 5) is 26.7. The van der Waals surface area contributed by atoms with E-state index in [1.165, 1.54) is 5.69 Å². The molecule has 1 saturated heterocycles. The second-order valence-electron chi connectivity index (χ2n) is 8.55. The van der Waals surface area contributed by atoms with Crippen LogP contribution in [0.4, 0.5) is 11.4 Å². The number of hydrogen-bond acceptors (Lipinski definition) is 6. The van der Waals surface area contributed by atoms with Crippen LogP contribution < -0.4 is 16.0 Å². The van der Waals surface area contributed by atoms with E-state index in [2.05, 4.69) is 61.6 Å². The fourth-order valence-corrected chi connectivity index (χ4v) is 5.20. The maximum Gasteiger partial charge on any atom is 0.223 e. The average Bonchev–Trinajstić information content (AvgIpc) is 3.23. The van der Waals surface area contributed by atoms with E-state index in [0.717, 1.165) is 37.4 Å². The number of aromatic nitrogens is 3. The third kappa shape index (κ3) is 3.05.